The van der Waals surface area contributed by atoms with Crippen LogP contribution in [0.2, 0.25) is 0 Å². The molecule has 0 aromatic heterocycles. The van der Waals surface area contributed by atoms with Crippen molar-refractivity contribution in [1.29, 1.82) is 0 Å². The largest absolute Gasteiger partial charge is 0.310 e. The molecule has 0 amide bonds. The number of anilines is 3. The van der Waals surface area contributed by atoms with E-state index >= 15 is 0 Å². The van der Waals surface area contributed by atoms with Crippen molar-refractivity contribution in [2.45, 2.75) is 38.5 Å². The molecule has 0 unspecified atom stereocenters. The van der Waals surface area contributed by atoms with Crippen molar-refractivity contribution in [2.24, 2.45) is 0 Å². The van der Waals surface area contributed by atoms with E-state index in [0.29, 0.717) is 0 Å². The van der Waals surface area contributed by atoms with Crippen LogP contribution in [-0.4, -0.2) is 0 Å². The molecule has 10 rings (SSSR count). The van der Waals surface area contributed by atoms with E-state index < -0.39 is 0 Å². The van der Waals surface area contributed by atoms with E-state index in [2.05, 4.69) is 184 Å². The maximum absolute atomic E-state index is 2.50. The van der Waals surface area contributed by atoms with Crippen LogP contribution in [-0.2, 0) is 10.8 Å². The monoisotopic (exact) mass is 627 g/mol. The predicted molar refractivity (Wildman–Crippen MR) is 209 cm³/mol. The zero-order chi connectivity index (χ0) is 33.1. The fourth-order valence-electron chi connectivity index (χ4n) is 9.25. The molecule has 0 fully saturated rings. The number of fused-ring (bicyclic) bond motifs is 12. The van der Waals surface area contributed by atoms with E-state index in [4.69, 9.17) is 0 Å². The second-order valence-electron chi connectivity index (χ2n) is 14.9. The minimum Gasteiger partial charge on any atom is -0.310 e. The highest BCUT2D eigenvalue weighted by Crippen LogP contribution is 2.57. The average molecular weight is 628 g/mol. The molecule has 1 heteroatoms. The lowest BCUT2D eigenvalue weighted by Gasteiger charge is -2.31. The highest BCUT2D eigenvalue weighted by Gasteiger charge is 2.40. The molecule has 0 N–H and O–H groups in total. The molecule has 8 aromatic carbocycles. The summed E-state index contributed by atoms with van der Waals surface area (Å²) in [6.45, 7) is 9.60. The van der Waals surface area contributed by atoms with E-state index in [1.165, 1.54) is 88.2 Å². The summed E-state index contributed by atoms with van der Waals surface area (Å²) in [6, 6.07) is 56.6. The number of benzene rings is 8. The summed E-state index contributed by atoms with van der Waals surface area (Å²) < 4.78 is 0. The summed E-state index contributed by atoms with van der Waals surface area (Å²) in [6.07, 6.45) is 0. The summed E-state index contributed by atoms with van der Waals surface area (Å²) in [4.78, 5) is 2.50. The molecule has 0 spiro atoms. The molecule has 0 saturated heterocycles. The Balaban J connectivity index is 1.24. The first-order chi connectivity index (χ1) is 23.8. The fraction of sp³-hybridized carbons (Fsp3) is 0.125. The van der Waals surface area contributed by atoms with E-state index in [1.807, 2.05) is 0 Å². The van der Waals surface area contributed by atoms with Crippen LogP contribution in [0.15, 0.2) is 152 Å². The Morgan fingerprint density at radius 3 is 1.76 bits per heavy atom. The van der Waals surface area contributed by atoms with Gasteiger partial charge in [0.05, 0.1) is 5.69 Å². The Morgan fingerprint density at radius 2 is 0.980 bits per heavy atom. The van der Waals surface area contributed by atoms with Crippen molar-refractivity contribution < 1.29 is 0 Å². The summed E-state index contributed by atoms with van der Waals surface area (Å²) >= 11 is 0. The molecule has 0 radical (unpaired) electrons. The van der Waals surface area contributed by atoms with Gasteiger partial charge in [-0.05, 0) is 102 Å². The molecular formula is C48H37N. The smallest absolute Gasteiger partial charge is 0.0543 e. The molecule has 0 aliphatic heterocycles. The molecular weight excluding hydrogens is 591 g/mol. The molecule has 8 aromatic rings. The first-order valence-electron chi connectivity index (χ1n) is 17.5. The van der Waals surface area contributed by atoms with Gasteiger partial charge in [-0.2, -0.15) is 0 Å². The number of nitrogens with zero attached hydrogens (tertiary/aromatic N) is 1. The Kier molecular flexibility index (Phi) is 5.75. The van der Waals surface area contributed by atoms with Crippen LogP contribution in [0.3, 0.4) is 0 Å². The van der Waals surface area contributed by atoms with Crippen molar-refractivity contribution in [3.8, 4) is 22.3 Å². The summed E-state index contributed by atoms with van der Waals surface area (Å²) in [5.74, 6) is 0. The van der Waals surface area contributed by atoms with Crippen LogP contribution in [0, 0.1) is 0 Å². The van der Waals surface area contributed by atoms with Crippen molar-refractivity contribution in [3.05, 3.63) is 174 Å². The maximum Gasteiger partial charge on any atom is 0.0543 e. The van der Waals surface area contributed by atoms with Crippen molar-refractivity contribution in [1.82, 2.24) is 0 Å². The fourth-order valence-corrected chi connectivity index (χ4v) is 9.25. The number of para-hydroxylation sites is 1. The van der Waals surface area contributed by atoms with Gasteiger partial charge in [-0.3, -0.25) is 0 Å². The first-order valence-corrected chi connectivity index (χ1v) is 17.5. The normalized spacial score (nSPS) is 14.9. The quantitative estimate of drug-likeness (QED) is 0.188. The van der Waals surface area contributed by atoms with Gasteiger partial charge in [0.15, 0.2) is 0 Å². The van der Waals surface area contributed by atoms with Gasteiger partial charge >= 0.3 is 0 Å². The van der Waals surface area contributed by atoms with Gasteiger partial charge in [-0.25, -0.2) is 0 Å². The number of hydrogen-bond donors (Lipinski definition) is 0. The number of rotatable bonds is 3. The standard InChI is InChI=1S/C48H37N/c1-47(2)40-27-23-30-14-8-10-18-34(30)44(40)38-26-24-33(28-41(38)47)49(32-16-6-5-7-17-32)43-29-42-45(37-21-13-12-20-36(37)43)39-25-22-31-15-9-11-19-35(31)46(39)48(42,3)4/h5-29H,1-4H3. The highest BCUT2D eigenvalue weighted by molar-refractivity contribution is 6.12. The summed E-state index contributed by atoms with van der Waals surface area (Å²) in [5.41, 5.74) is 14.3. The van der Waals surface area contributed by atoms with Gasteiger partial charge in [-0.1, -0.05) is 149 Å². The molecule has 1 nitrogen and oxygen atoms in total. The van der Waals surface area contributed by atoms with E-state index in [9.17, 15) is 0 Å². The van der Waals surface area contributed by atoms with Gasteiger partial charge in [0.25, 0.3) is 0 Å². The molecule has 2 aliphatic carbocycles. The third-order valence-corrected chi connectivity index (χ3v) is 11.6. The Labute approximate surface area is 288 Å². The van der Waals surface area contributed by atoms with Crippen LogP contribution >= 0.6 is 0 Å². The average Bonchev–Trinajstić information content (AvgIpc) is 3.51. The van der Waals surface area contributed by atoms with Crippen molar-refractivity contribution in [3.63, 3.8) is 0 Å². The van der Waals surface area contributed by atoms with Crippen LogP contribution in [0.4, 0.5) is 17.1 Å². The zero-order valence-electron chi connectivity index (χ0n) is 28.4. The molecule has 0 heterocycles. The zero-order valence-corrected chi connectivity index (χ0v) is 28.4. The molecule has 234 valence electrons. The van der Waals surface area contributed by atoms with Gasteiger partial charge in [-0.15, -0.1) is 0 Å². The van der Waals surface area contributed by atoms with Crippen LogP contribution < -0.4 is 4.90 Å². The molecule has 0 saturated carbocycles. The van der Waals surface area contributed by atoms with Gasteiger partial charge in [0, 0.05) is 27.6 Å². The minimum atomic E-state index is -0.171. The van der Waals surface area contributed by atoms with Gasteiger partial charge < -0.3 is 4.90 Å². The maximum atomic E-state index is 2.50. The first kappa shape index (κ1) is 28.4. The molecule has 0 atom stereocenters. The van der Waals surface area contributed by atoms with Crippen LogP contribution in [0.25, 0.3) is 54.6 Å². The number of hydrogen-bond acceptors (Lipinski definition) is 1. The van der Waals surface area contributed by atoms with Gasteiger partial charge in [0.2, 0.25) is 0 Å². The third-order valence-electron chi connectivity index (χ3n) is 11.6. The van der Waals surface area contributed by atoms with Crippen LogP contribution in [0.1, 0.15) is 49.9 Å². The third kappa shape index (κ3) is 3.82. The Bertz CT molecular complexity index is 2660. The summed E-state index contributed by atoms with van der Waals surface area (Å²) in [5, 5.41) is 7.83. The van der Waals surface area contributed by atoms with E-state index in [1.54, 1.807) is 0 Å². The SMILES string of the molecule is CC1(C)c2cc(N(c3ccccc3)c3cc4c(c5ccccc35)-c3ccc5ccccc5c3C4(C)C)ccc2-c2c1ccc1ccccc21. The summed E-state index contributed by atoms with van der Waals surface area (Å²) in [7, 11) is 0. The molecule has 2 aliphatic rings. The van der Waals surface area contributed by atoms with Gasteiger partial charge in [0.1, 0.15) is 0 Å². The molecule has 49 heavy (non-hydrogen) atoms. The lowest BCUT2D eigenvalue weighted by atomic mass is 9.79. The lowest BCUT2D eigenvalue weighted by molar-refractivity contribution is 0.661. The lowest BCUT2D eigenvalue weighted by Crippen LogP contribution is -2.18. The topological polar surface area (TPSA) is 3.24 Å². The Morgan fingerprint density at radius 1 is 0.388 bits per heavy atom. The van der Waals surface area contributed by atoms with Crippen molar-refractivity contribution in [2.75, 3.05) is 4.90 Å². The Hall–Kier alpha value is -5.66. The van der Waals surface area contributed by atoms with E-state index in [0.717, 1.165) is 5.69 Å². The van der Waals surface area contributed by atoms with Crippen LogP contribution in [0.5, 0.6) is 0 Å². The minimum absolute atomic E-state index is 0.127. The molecule has 0 bridgehead atoms. The second kappa shape index (κ2) is 9.94. The highest BCUT2D eigenvalue weighted by atomic mass is 15.1. The predicted octanol–water partition coefficient (Wildman–Crippen LogP) is 13.2. The second-order valence-corrected chi connectivity index (χ2v) is 14.9. The van der Waals surface area contributed by atoms with Crippen molar-refractivity contribution >= 4 is 49.4 Å². The van der Waals surface area contributed by atoms with E-state index in [-0.39, 0.29) is 10.8 Å².